The second-order valence-corrected chi connectivity index (χ2v) is 7.26. The summed E-state index contributed by atoms with van der Waals surface area (Å²) in [5.41, 5.74) is 1.06. The number of carbonyl (C=O) groups is 1. The molecule has 2 aliphatic heterocycles. The number of rotatable bonds is 7. The molecule has 2 heterocycles. The summed E-state index contributed by atoms with van der Waals surface area (Å²) >= 11 is 5.86. The van der Waals surface area contributed by atoms with Gasteiger partial charge in [-0.15, -0.1) is 0 Å². The molecule has 1 saturated heterocycles. The van der Waals surface area contributed by atoms with Gasteiger partial charge in [0.1, 0.15) is 5.75 Å². The van der Waals surface area contributed by atoms with Crippen LogP contribution >= 0.6 is 11.6 Å². The number of amides is 1. The minimum Gasteiger partial charge on any atom is -0.484 e. The van der Waals surface area contributed by atoms with Crippen LogP contribution in [-0.4, -0.2) is 57.1 Å². The fourth-order valence-corrected chi connectivity index (χ4v) is 3.53. The topological polar surface area (TPSA) is 69.3 Å². The molecule has 0 unspecified atom stereocenters. The summed E-state index contributed by atoms with van der Waals surface area (Å²) in [6.45, 7) is 3.59. The van der Waals surface area contributed by atoms with Gasteiger partial charge in [0.05, 0.1) is 19.3 Å². The lowest BCUT2D eigenvalue weighted by atomic mass is 10.0. The fourth-order valence-electron chi connectivity index (χ4n) is 3.41. The van der Waals surface area contributed by atoms with Crippen molar-refractivity contribution in [3.8, 4) is 17.2 Å². The van der Waals surface area contributed by atoms with E-state index in [0.717, 1.165) is 30.2 Å². The highest BCUT2D eigenvalue weighted by atomic mass is 35.5. The first-order valence-electron chi connectivity index (χ1n) is 9.55. The van der Waals surface area contributed by atoms with Gasteiger partial charge in [0.2, 0.25) is 6.79 Å². The van der Waals surface area contributed by atoms with E-state index in [0.29, 0.717) is 30.5 Å². The van der Waals surface area contributed by atoms with Crippen molar-refractivity contribution in [1.82, 2.24) is 10.2 Å². The predicted molar refractivity (Wildman–Crippen MR) is 108 cm³/mol. The lowest BCUT2D eigenvalue weighted by molar-refractivity contribution is -0.123. The molecule has 154 valence electrons. The summed E-state index contributed by atoms with van der Waals surface area (Å²) in [4.78, 5) is 14.6. The summed E-state index contributed by atoms with van der Waals surface area (Å²) < 4.78 is 21.9. The smallest absolute Gasteiger partial charge is 0.258 e. The van der Waals surface area contributed by atoms with Gasteiger partial charge in [0.15, 0.2) is 18.1 Å². The highest BCUT2D eigenvalue weighted by Crippen LogP contribution is 2.35. The van der Waals surface area contributed by atoms with Crippen LogP contribution in [0.25, 0.3) is 0 Å². The first-order valence-corrected chi connectivity index (χ1v) is 9.93. The Balaban J connectivity index is 1.38. The van der Waals surface area contributed by atoms with Crippen LogP contribution in [0.5, 0.6) is 17.2 Å². The second kappa shape index (κ2) is 9.35. The van der Waals surface area contributed by atoms with Crippen molar-refractivity contribution in [3.05, 3.63) is 53.1 Å². The third-order valence-electron chi connectivity index (χ3n) is 4.94. The van der Waals surface area contributed by atoms with Crippen molar-refractivity contribution in [1.29, 1.82) is 0 Å². The van der Waals surface area contributed by atoms with Crippen LogP contribution in [0.4, 0.5) is 0 Å². The third-order valence-corrected chi connectivity index (χ3v) is 5.20. The maximum absolute atomic E-state index is 12.3. The van der Waals surface area contributed by atoms with Crippen LogP contribution in [-0.2, 0) is 9.53 Å². The van der Waals surface area contributed by atoms with Crippen molar-refractivity contribution in [2.45, 2.75) is 6.04 Å². The van der Waals surface area contributed by atoms with Crippen molar-refractivity contribution >= 4 is 17.5 Å². The number of ether oxygens (including phenoxy) is 4. The van der Waals surface area contributed by atoms with E-state index in [2.05, 4.69) is 10.2 Å². The van der Waals surface area contributed by atoms with Crippen molar-refractivity contribution in [2.75, 3.05) is 46.2 Å². The summed E-state index contributed by atoms with van der Waals surface area (Å²) in [6.07, 6.45) is 0. The lowest BCUT2D eigenvalue weighted by Crippen LogP contribution is -2.44. The van der Waals surface area contributed by atoms with Gasteiger partial charge in [-0.3, -0.25) is 9.69 Å². The van der Waals surface area contributed by atoms with Gasteiger partial charge in [0.25, 0.3) is 5.91 Å². The molecule has 0 aliphatic carbocycles. The third kappa shape index (κ3) is 5.12. The van der Waals surface area contributed by atoms with Gasteiger partial charge in [-0.1, -0.05) is 17.7 Å². The van der Waals surface area contributed by atoms with Crippen LogP contribution < -0.4 is 19.5 Å². The van der Waals surface area contributed by atoms with Crippen LogP contribution in [0.15, 0.2) is 42.5 Å². The SMILES string of the molecule is O=C(COc1ccc(Cl)cc1)NC[C@@H](c1ccc2c(c1)OCO2)N1CCOCC1. The van der Waals surface area contributed by atoms with Gasteiger partial charge in [-0.2, -0.15) is 0 Å². The summed E-state index contributed by atoms with van der Waals surface area (Å²) in [5.74, 6) is 1.90. The molecule has 8 heteroatoms. The number of fused-ring (bicyclic) bond motifs is 1. The van der Waals surface area contributed by atoms with Crippen LogP contribution in [0.1, 0.15) is 11.6 Å². The quantitative estimate of drug-likeness (QED) is 0.745. The Morgan fingerprint density at radius 3 is 2.66 bits per heavy atom. The van der Waals surface area contributed by atoms with Gasteiger partial charge >= 0.3 is 0 Å². The summed E-state index contributed by atoms with van der Waals surface area (Å²) in [5, 5.41) is 3.61. The number of carbonyl (C=O) groups excluding carboxylic acids is 1. The molecule has 7 nitrogen and oxygen atoms in total. The van der Waals surface area contributed by atoms with Crippen molar-refractivity contribution in [3.63, 3.8) is 0 Å². The Hall–Kier alpha value is -2.48. The molecule has 0 spiro atoms. The molecule has 1 fully saturated rings. The Morgan fingerprint density at radius 1 is 1.10 bits per heavy atom. The monoisotopic (exact) mass is 418 g/mol. The van der Waals surface area contributed by atoms with Crippen LogP contribution in [0, 0.1) is 0 Å². The molecule has 2 aromatic carbocycles. The van der Waals surface area contributed by atoms with Crippen LogP contribution in [0.2, 0.25) is 5.02 Å². The van der Waals surface area contributed by atoms with Crippen LogP contribution in [0.3, 0.4) is 0 Å². The first kappa shape index (κ1) is 19.8. The van der Waals surface area contributed by atoms with E-state index < -0.39 is 0 Å². The average molecular weight is 419 g/mol. The zero-order valence-electron chi connectivity index (χ0n) is 15.9. The average Bonchev–Trinajstić information content (AvgIpc) is 3.22. The second-order valence-electron chi connectivity index (χ2n) is 6.82. The molecule has 1 N–H and O–H groups in total. The molecular formula is C21H23ClN2O5. The van der Waals surface area contributed by atoms with Crippen molar-refractivity contribution < 1.29 is 23.7 Å². The molecule has 2 aromatic rings. The minimum absolute atomic E-state index is 0.00730. The maximum atomic E-state index is 12.3. The molecule has 0 bridgehead atoms. The molecule has 0 saturated carbocycles. The highest BCUT2D eigenvalue weighted by Gasteiger charge is 2.25. The molecule has 1 atom stereocenters. The zero-order chi connectivity index (χ0) is 20.1. The maximum Gasteiger partial charge on any atom is 0.258 e. The van der Waals surface area contributed by atoms with E-state index in [1.807, 2.05) is 18.2 Å². The van der Waals surface area contributed by atoms with E-state index in [4.69, 9.17) is 30.5 Å². The normalized spacial score (nSPS) is 17.0. The molecule has 1 amide bonds. The highest BCUT2D eigenvalue weighted by molar-refractivity contribution is 6.30. The number of morpholine rings is 1. The Morgan fingerprint density at radius 2 is 1.86 bits per heavy atom. The van der Waals surface area contributed by atoms with E-state index in [9.17, 15) is 4.79 Å². The molecular weight excluding hydrogens is 396 g/mol. The summed E-state index contributed by atoms with van der Waals surface area (Å²) in [6, 6.07) is 12.8. The molecule has 0 aromatic heterocycles. The van der Waals surface area contributed by atoms with Gasteiger partial charge in [-0.25, -0.2) is 0 Å². The van der Waals surface area contributed by atoms with Gasteiger partial charge in [0, 0.05) is 24.7 Å². The van der Waals surface area contributed by atoms with E-state index in [1.54, 1.807) is 24.3 Å². The Kier molecular flexibility index (Phi) is 6.39. The first-order chi connectivity index (χ1) is 14.2. The van der Waals surface area contributed by atoms with Crippen molar-refractivity contribution in [2.24, 2.45) is 0 Å². The fraction of sp³-hybridized carbons (Fsp3) is 0.381. The summed E-state index contributed by atoms with van der Waals surface area (Å²) in [7, 11) is 0. The number of hydrogen-bond donors (Lipinski definition) is 1. The van der Waals surface area contributed by atoms with Gasteiger partial charge in [-0.05, 0) is 42.0 Å². The number of nitrogens with zero attached hydrogens (tertiary/aromatic N) is 1. The number of nitrogens with one attached hydrogen (secondary N) is 1. The Bertz CT molecular complexity index is 839. The van der Waals surface area contributed by atoms with E-state index >= 15 is 0 Å². The minimum atomic E-state index is -0.182. The van der Waals surface area contributed by atoms with E-state index in [1.165, 1.54) is 0 Å². The molecule has 4 rings (SSSR count). The number of halogens is 1. The molecule has 0 radical (unpaired) electrons. The largest absolute Gasteiger partial charge is 0.484 e. The number of hydrogen-bond acceptors (Lipinski definition) is 6. The standard InChI is InChI=1S/C21H23ClN2O5/c22-16-2-4-17(5-3-16)27-13-21(25)23-12-18(24-7-9-26-10-8-24)15-1-6-19-20(11-15)29-14-28-19/h1-6,11,18H,7-10,12-14H2,(H,23,25)/t18-/m0/s1. The molecule has 2 aliphatic rings. The number of benzene rings is 2. The predicted octanol–water partition coefficient (Wildman–Crippen LogP) is 2.64. The zero-order valence-corrected chi connectivity index (χ0v) is 16.7. The molecule has 29 heavy (non-hydrogen) atoms. The lowest BCUT2D eigenvalue weighted by Gasteiger charge is -2.35. The van der Waals surface area contributed by atoms with Gasteiger partial charge < -0.3 is 24.3 Å². The van der Waals surface area contributed by atoms with E-state index in [-0.39, 0.29) is 25.3 Å². The Labute approximate surface area is 174 Å².